The number of nitrogens with zero attached hydrogens (tertiary/aromatic N) is 5. The highest BCUT2D eigenvalue weighted by Crippen LogP contribution is 2.27. The first-order chi connectivity index (χ1) is 14.6. The predicted molar refractivity (Wildman–Crippen MR) is 122 cm³/mol. The summed E-state index contributed by atoms with van der Waals surface area (Å²) >= 11 is 0. The molecule has 1 N–H and O–H groups in total. The number of para-hydroxylation sites is 1. The normalized spacial score (nSPS) is 19.9. The van der Waals surface area contributed by atoms with E-state index < -0.39 is 0 Å². The molecule has 2 heterocycles. The Morgan fingerprint density at radius 1 is 1.33 bits per heavy atom. The van der Waals surface area contributed by atoms with Crippen LogP contribution in [0.5, 0.6) is 5.75 Å². The first-order valence-electron chi connectivity index (χ1n) is 10.9. The second kappa shape index (κ2) is 11.0. The molecular formula is C23H36N6O. The van der Waals surface area contributed by atoms with E-state index in [1.807, 2.05) is 30.7 Å². The molecule has 0 spiro atoms. The lowest BCUT2D eigenvalue weighted by Crippen LogP contribution is -2.49. The maximum Gasteiger partial charge on any atom is 0.194 e. The fourth-order valence-corrected chi connectivity index (χ4v) is 3.79. The van der Waals surface area contributed by atoms with Crippen LogP contribution < -0.4 is 10.1 Å². The van der Waals surface area contributed by atoms with Gasteiger partial charge >= 0.3 is 0 Å². The molecule has 1 aliphatic heterocycles. The monoisotopic (exact) mass is 412 g/mol. The van der Waals surface area contributed by atoms with Crippen LogP contribution in [0.3, 0.4) is 0 Å². The third-order valence-electron chi connectivity index (χ3n) is 5.63. The van der Waals surface area contributed by atoms with Crippen molar-refractivity contribution in [2.45, 2.75) is 32.9 Å². The number of ether oxygens (including phenoxy) is 1. The molecule has 0 amide bonds. The summed E-state index contributed by atoms with van der Waals surface area (Å²) in [6, 6.07) is 8.61. The Hall–Kier alpha value is -2.54. The summed E-state index contributed by atoms with van der Waals surface area (Å²) in [4.78, 5) is 13.7. The zero-order valence-electron chi connectivity index (χ0n) is 18.8. The van der Waals surface area contributed by atoms with Crippen molar-refractivity contribution in [1.29, 1.82) is 0 Å². The third kappa shape index (κ3) is 5.98. The molecule has 30 heavy (non-hydrogen) atoms. The van der Waals surface area contributed by atoms with Gasteiger partial charge in [0, 0.05) is 44.1 Å². The molecule has 3 rings (SSSR count). The van der Waals surface area contributed by atoms with Crippen LogP contribution in [0.1, 0.15) is 31.9 Å². The van der Waals surface area contributed by atoms with Crippen LogP contribution in [-0.2, 0) is 6.54 Å². The Morgan fingerprint density at radius 3 is 2.90 bits per heavy atom. The average Bonchev–Trinajstić information content (AvgIpc) is 3.27. The van der Waals surface area contributed by atoms with Gasteiger partial charge in [0.15, 0.2) is 5.96 Å². The highest BCUT2D eigenvalue weighted by Gasteiger charge is 2.28. The van der Waals surface area contributed by atoms with E-state index >= 15 is 0 Å². The standard InChI is InChI=1S/C23H36N6O/c1-5-25-23(28-12-10-19(2)21(17-28)29-13-11-24-18-29)26-16-20-8-6-7-9-22(20)30-15-14-27(3)4/h6-9,11,13,18-19,21H,5,10,12,14-17H2,1-4H3,(H,25,26). The second-order valence-corrected chi connectivity index (χ2v) is 8.22. The predicted octanol–water partition coefficient (Wildman–Crippen LogP) is 2.87. The Bertz CT molecular complexity index is 789. The summed E-state index contributed by atoms with van der Waals surface area (Å²) in [6.45, 7) is 9.40. The molecule has 0 aliphatic carbocycles. The molecule has 1 fully saturated rings. The number of hydrogen-bond donors (Lipinski definition) is 1. The van der Waals surface area contributed by atoms with E-state index in [0.29, 0.717) is 25.1 Å². The van der Waals surface area contributed by atoms with E-state index in [-0.39, 0.29) is 0 Å². The number of aromatic nitrogens is 2. The number of nitrogens with one attached hydrogen (secondary N) is 1. The van der Waals surface area contributed by atoms with E-state index in [1.165, 1.54) is 0 Å². The van der Waals surface area contributed by atoms with Crippen molar-refractivity contribution < 1.29 is 4.74 Å². The summed E-state index contributed by atoms with van der Waals surface area (Å²) in [6.07, 6.45) is 6.99. The van der Waals surface area contributed by atoms with Crippen molar-refractivity contribution in [1.82, 2.24) is 24.7 Å². The molecule has 1 aromatic carbocycles. The van der Waals surface area contributed by atoms with Crippen LogP contribution >= 0.6 is 0 Å². The first kappa shape index (κ1) is 22.2. The number of likely N-dealkylation sites (tertiary alicyclic amines) is 1. The lowest BCUT2D eigenvalue weighted by Gasteiger charge is -2.39. The molecule has 1 saturated heterocycles. The topological polar surface area (TPSA) is 57.9 Å². The molecule has 0 saturated carbocycles. The summed E-state index contributed by atoms with van der Waals surface area (Å²) in [5.41, 5.74) is 1.11. The van der Waals surface area contributed by atoms with Crippen LogP contribution in [0.25, 0.3) is 0 Å². The molecular weight excluding hydrogens is 376 g/mol. The molecule has 164 valence electrons. The van der Waals surface area contributed by atoms with Crippen molar-refractivity contribution in [3.8, 4) is 5.75 Å². The van der Waals surface area contributed by atoms with Crippen LogP contribution in [0.2, 0.25) is 0 Å². The third-order valence-corrected chi connectivity index (χ3v) is 5.63. The second-order valence-electron chi connectivity index (χ2n) is 8.22. The number of aliphatic imine (C=N–C) groups is 1. The summed E-state index contributed by atoms with van der Waals surface area (Å²) in [5, 5.41) is 3.48. The van der Waals surface area contributed by atoms with E-state index in [4.69, 9.17) is 9.73 Å². The molecule has 2 unspecified atom stereocenters. The van der Waals surface area contributed by atoms with Crippen LogP contribution in [0, 0.1) is 5.92 Å². The quantitative estimate of drug-likeness (QED) is 0.534. The highest BCUT2D eigenvalue weighted by molar-refractivity contribution is 5.80. The Morgan fingerprint density at radius 2 is 2.17 bits per heavy atom. The minimum Gasteiger partial charge on any atom is -0.492 e. The Kier molecular flexibility index (Phi) is 8.13. The number of likely N-dealkylation sites (N-methyl/N-ethyl adjacent to an activating group) is 1. The lowest BCUT2D eigenvalue weighted by atomic mass is 9.93. The fourth-order valence-electron chi connectivity index (χ4n) is 3.79. The highest BCUT2D eigenvalue weighted by atomic mass is 16.5. The number of imidazole rings is 1. The Balaban J connectivity index is 1.70. The molecule has 2 aromatic rings. The van der Waals surface area contributed by atoms with E-state index in [2.05, 4.69) is 64.9 Å². The van der Waals surface area contributed by atoms with Gasteiger partial charge in [-0.1, -0.05) is 25.1 Å². The molecule has 0 bridgehead atoms. The van der Waals surface area contributed by atoms with Gasteiger partial charge in [-0.25, -0.2) is 9.98 Å². The molecule has 7 heteroatoms. The molecule has 7 nitrogen and oxygen atoms in total. The van der Waals surface area contributed by atoms with Gasteiger partial charge in [-0.3, -0.25) is 0 Å². The number of rotatable bonds is 8. The number of hydrogen-bond acceptors (Lipinski definition) is 4. The SMILES string of the molecule is CCNC(=NCc1ccccc1OCCN(C)C)N1CCC(C)C(n2ccnc2)C1. The van der Waals surface area contributed by atoms with Crippen LogP contribution in [0.4, 0.5) is 0 Å². The fraction of sp³-hybridized carbons (Fsp3) is 0.565. The van der Waals surface area contributed by atoms with Crippen molar-refractivity contribution >= 4 is 5.96 Å². The van der Waals surface area contributed by atoms with E-state index in [9.17, 15) is 0 Å². The van der Waals surface area contributed by atoms with Gasteiger partial charge < -0.3 is 24.4 Å². The smallest absolute Gasteiger partial charge is 0.194 e. The van der Waals surface area contributed by atoms with Gasteiger partial charge in [-0.15, -0.1) is 0 Å². The molecule has 2 atom stereocenters. The summed E-state index contributed by atoms with van der Waals surface area (Å²) in [7, 11) is 4.11. The number of benzene rings is 1. The van der Waals surface area contributed by atoms with Crippen molar-refractivity contribution in [3.63, 3.8) is 0 Å². The summed E-state index contributed by atoms with van der Waals surface area (Å²) in [5.74, 6) is 2.50. The van der Waals surface area contributed by atoms with Crippen molar-refractivity contribution in [2.75, 3.05) is 46.9 Å². The van der Waals surface area contributed by atoms with Gasteiger partial charge in [0.25, 0.3) is 0 Å². The van der Waals surface area contributed by atoms with E-state index in [1.54, 1.807) is 0 Å². The van der Waals surface area contributed by atoms with Gasteiger partial charge in [0.05, 0.1) is 18.9 Å². The largest absolute Gasteiger partial charge is 0.492 e. The lowest BCUT2D eigenvalue weighted by molar-refractivity contribution is 0.189. The molecule has 0 radical (unpaired) electrons. The maximum atomic E-state index is 6.01. The van der Waals surface area contributed by atoms with Crippen LogP contribution in [0.15, 0.2) is 48.0 Å². The van der Waals surface area contributed by atoms with Crippen molar-refractivity contribution in [3.05, 3.63) is 48.5 Å². The van der Waals surface area contributed by atoms with E-state index in [0.717, 1.165) is 49.9 Å². The maximum absolute atomic E-state index is 6.01. The molecule has 1 aromatic heterocycles. The minimum atomic E-state index is 0.409. The number of guanidine groups is 1. The Labute approximate surface area is 180 Å². The van der Waals surface area contributed by atoms with Gasteiger partial charge in [-0.2, -0.15) is 0 Å². The first-order valence-corrected chi connectivity index (χ1v) is 10.9. The zero-order valence-corrected chi connectivity index (χ0v) is 18.8. The van der Waals surface area contributed by atoms with Gasteiger partial charge in [-0.05, 0) is 39.4 Å². The zero-order chi connectivity index (χ0) is 21.3. The molecule has 1 aliphatic rings. The van der Waals surface area contributed by atoms with Crippen molar-refractivity contribution in [2.24, 2.45) is 10.9 Å². The van der Waals surface area contributed by atoms with Crippen LogP contribution in [-0.4, -0.2) is 72.2 Å². The van der Waals surface area contributed by atoms with Gasteiger partial charge in [0.1, 0.15) is 12.4 Å². The minimum absolute atomic E-state index is 0.409. The average molecular weight is 413 g/mol. The van der Waals surface area contributed by atoms with Gasteiger partial charge in [0.2, 0.25) is 0 Å². The summed E-state index contributed by atoms with van der Waals surface area (Å²) < 4.78 is 8.24. The number of piperidine rings is 1.